The fourth-order valence-corrected chi connectivity index (χ4v) is 6.04. The molecule has 0 saturated carbocycles. The number of carbonyl (C=O) groups excluding carboxylic acids is 1. The SMILES string of the molecule is CC(C)Cc1cc2c(-c3cc(-c4[c-]c5ccccc5c(C(C)(C)C)c4)ncn3)cncc2o1.CCC(C)(CC)C(=O)/C=C(\O)C(C)(CC)CC.[Ir]. The Bertz CT molecular complexity index is 1960. The third-order valence-corrected chi connectivity index (χ3v) is 10.5. The number of nitrogens with zero attached hydrogens (tertiary/aromatic N) is 3. The molecule has 5 aromatic rings. The average Bonchev–Trinajstić information content (AvgIpc) is 3.52. The summed E-state index contributed by atoms with van der Waals surface area (Å²) in [5, 5.41) is 13.5. The van der Waals surface area contributed by atoms with Crippen LogP contribution in [-0.2, 0) is 36.7 Å². The maximum Gasteiger partial charge on any atom is 0.164 e. The van der Waals surface area contributed by atoms with Crippen molar-refractivity contribution in [3.05, 3.63) is 90.4 Å². The fraction of sp³-hybridized carbons (Fsp3) is 0.455. The zero-order chi connectivity index (χ0) is 36.9. The van der Waals surface area contributed by atoms with E-state index < -0.39 is 0 Å². The van der Waals surface area contributed by atoms with Gasteiger partial charge in [-0.25, -0.2) is 4.98 Å². The van der Waals surface area contributed by atoms with Crippen LogP contribution in [0, 0.1) is 22.8 Å². The van der Waals surface area contributed by atoms with Crippen LogP contribution < -0.4 is 0 Å². The zero-order valence-corrected chi connectivity index (χ0v) is 34.8. The van der Waals surface area contributed by atoms with Crippen molar-refractivity contribution >= 4 is 27.5 Å². The monoisotopic (exact) mass is 867 g/mol. The Morgan fingerprint density at radius 2 is 1.49 bits per heavy atom. The largest absolute Gasteiger partial charge is 0.512 e. The molecule has 1 N–H and O–H groups in total. The third-order valence-electron chi connectivity index (χ3n) is 10.5. The second-order valence-electron chi connectivity index (χ2n) is 15.5. The van der Waals surface area contributed by atoms with Gasteiger partial charge in [-0.2, -0.15) is 0 Å². The fourth-order valence-electron chi connectivity index (χ4n) is 6.04. The molecule has 6 nitrogen and oxygen atoms in total. The number of aliphatic hydroxyl groups is 1. The van der Waals surface area contributed by atoms with Crippen molar-refractivity contribution in [1.82, 2.24) is 15.0 Å². The van der Waals surface area contributed by atoms with E-state index in [0.717, 1.165) is 76.7 Å². The normalized spacial score (nSPS) is 12.5. The molecule has 2 aromatic carbocycles. The molecule has 0 fully saturated rings. The maximum atomic E-state index is 12.2. The summed E-state index contributed by atoms with van der Waals surface area (Å²) >= 11 is 0. The Balaban J connectivity index is 0.000000335. The van der Waals surface area contributed by atoms with E-state index in [1.807, 2.05) is 53.8 Å². The summed E-state index contributed by atoms with van der Waals surface area (Å²) < 4.78 is 6.05. The quantitative estimate of drug-likeness (QED) is 0.0808. The van der Waals surface area contributed by atoms with Crippen molar-refractivity contribution in [2.45, 2.75) is 114 Å². The number of aromatic nitrogens is 3. The van der Waals surface area contributed by atoms with E-state index in [-0.39, 0.29) is 47.9 Å². The molecule has 275 valence electrons. The molecule has 51 heavy (non-hydrogen) atoms. The molecule has 0 unspecified atom stereocenters. The number of aliphatic hydroxyl groups excluding tert-OH is 1. The summed E-state index contributed by atoms with van der Waals surface area (Å²) in [5.41, 5.74) is 5.06. The van der Waals surface area contributed by atoms with E-state index in [2.05, 4.69) is 92.0 Å². The Labute approximate surface area is 319 Å². The molecule has 5 rings (SSSR count). The number of furan rings is 1. The number of pyridine rings is 1. The number of fused-ring (bicyclic) bond motifs is 2. The summed E-state index contributed by atoms with van der Waals surface area (Å²) in [4.78, 5) is 25.8. The molecule has 0 spiro atoms. The molecule has 0 atom stereocenters. The first-order valence-electron chi connectivity index (χ1n) is 18.2. The van der Waals surface area contributed by atoms with Crippen LogP contribution in [0.2, 0.25) is 0 Å². The van der Waals surface area contributed by atoms with E-state index in [4.69, 9.17) is 4.42 Å². The van der Waals surface area contributed by atoms with Crippen LogP contribution in [0.15, 0.2) is 77.4 Å². The number of allylic oxidation sites excluding steroid dienone is 2. The number of rotatable bonds is 11. The minimum absolute atomic E-state index is 0. The number of benzene rings is 2. The molecule has 0 bridgehead atoms. The van der Waals surface area contributed by atoms with Crippen molar-refractivity contribution in [2.24, 2.45) is 16.7 Å². The summed E-state index contributed by atoms with van der Waals surface area (Å²) in [7, 11) is 0. The van der Waals surface area contributed by atoms with Gasteiger partial charge in [0.05, 0.1) is 11.9 Å². The van der Waals surface area contributed by atoms with E-state index in [1.54, 1.807) is 12.5 Å². The van der Waals surface area contributed by atoms with E-state index in [0.29, 0.717) is 5.92 Å². The molecule has 7 heteroatoms. The Hall–Kier alpha value is -3.67. The second kappa shape index (κ2) is 17.2. The number of hydrogen-bond acceptors (Lipinski definition) is 6. The van der Waals surface area contributed by atoms with Gasteiger partial charge in [-0.1, -0.05) is 105 Å². The van der Waals surface area contributed by atoms with Crippen LogP contribution in [0.4, 0.5) is 0 Å². The van der Waals surface area contributed by atoms with Gasteiger partial charge in [0.15, 0.2) is 11.4 Å². The number of hydrogen-bond donors (Lipinski definition) is 1. The standard InChI is InChI=1S/C29H28N3O.C15H28O2.Ir/c1-18(2)10-21-13-23-24(15-30-16-28(23)33-21)27-14-26(31-17-32-27)20-11-19-8-6-7-9-22(19)25(12-20)29(3,4)5;1-7-14(5,8-2)12(16)11-13(17)15(6,9-3)10-4;/h6-9,12-18H,10H2,1-5H3;11,16H,7-10H2,1-6H3;/q-1;;/b;12-11-;. The molecule has 0 saturated heterocycles. The van der Waals surface area contributed by atoms with Gasteiger partial charge in [-0.15, -0.1) is 29.1 Å². The smallest absolute Gasteiger partial charge is 0.164 e. The Kier molecular flexibility index (Phi) is 14.1. The van der Waals surface area contributed by atoms with Crippen molar-refractivity contribution < 1.29 is 34.4 Å². The number of carbonyl (C=O) groups is 1. The molecule has 0 aliphatic heterocycles. The topological polar surface area (TPSA) is 89.1 Å². The van der Waals surface area contributed by atoms with E-state index >= 15 is 0 Å². The van der Waals surface area contributed by atoms with Gasteiger partial charge in [0, 0.05) is 66.3 Å². The first-order chi connectivity index (χ1) is 23.6. The first kappa shape index (κ1) is 41.7. The van der Waals surface area contributed by atoms with Gasteiger partial charge in [-0.05, 0) is 49.1 Å². The molecule has 0 aliphatic carbocycles. The van der Waals surface area contributed by atoms with E-state index in [1.165, 1.54) is 17.0 Å². The van der Waals surface area contributed by atoms with Crippen LogP contribution in [0.3, 0.4) is 0 Å². The molecular formula is C44H56IrN3O3-. The summed E-state index contributed by atoms with van der Waals surface area (Å²) in [6, 6.07) is 18.4. The molecule has 3 heterocycles. The van der Waals surface area contributed by atoms with Gasteiger partial charge in [-0.3, -0.25) is 14.8 Å². The average molecular weight is 867 g/mol. The van der Waals surface area contributed by atoms with E-state index in [9.17, 15) is 9.90 Å². The van der Waals surface area contributed by atoms with Crippen LogP contribution in [-0.4, -0.2) is 25.8 Å². The summed E-state index contributed by atoms with van der Waals surface area (Å²) in [6.45, 7) is 23.2. The van der Waals surface area contributed by atoms with Crippen molar-refractivity contribution in [3.8, 4) is 22.5 Å². The number of ketones is 1. The summed E-state index contributed by atoms with van der Waals surface area (Å²) in [5.74, 6) is 1.78. The van der Waals surface area contributed by atoms with Crippen molar-refractivity contribution in [1.29, 1.82) is 0 Å². The first-order valence-corrected chi connectivity index (χ1v) is 18.2. The minimum atomic E-state index is -0.337. The van der Waals surface area contributed by atoms with Gasteiger partial charge in [0.2, 0.25) is 0 Å². The predicted molar refractivity (Wildman–Crippen MR) is 207 cm³/mol. The molecule has 3 aromatic heterocycles. The zero-order valence-electron chi connectivity index (χ0n) is 32.4. The minimum Gasteiger partial charge on any atom is -0.512 e. The van der Waals surface area contributed by atoms with Gasteiger partial charge in [0.25, 0.3) is 0 Å². The summed E-state index contributed by atoms with van der Waals surface area (Å²) in [6.07, 6.45) is 10.9. The van der Waals surface area contributed by atoms with Crippen molar-refractivity contribution in [3.63, 3.8) is 0 Å². The van der Waals surface area contributed by atoms with Gasteiger partial charge >= 0.3 is 0 Å². The molecular weight excluding hydrogens is 811 g/mol. The van der Waals surface area contributed by atoms with Crippen LogP contribution in [0.5, 0.6) is 0 Å². The van der Waals surface area contributed by atoms with Crippen LogP contribution in [0.1, 0.15) is 113 Å². The Morgan fingerprint density at radius 1 is 0.863 bits per heavy atom. The molecule has 0 aliphatic rings. The molecule has 1 radical (unpaired) electrons. The van der Waals surface area contributed by atoms with Crippen LogP contribution >= 0.6 is 0 Å². The second-order valence-corrected chi connectivity index (χ2v) is 15.5. The van der Waals surface area contributed by atoms with Crippen molar-refractivity contribution in [2.75, 3.05) is 0 Å². The van der Waals surface area contributed by atoms with Gasteiger partial charge < -0.3 is 9.52 Å². The van der Waals surface area contributed by atoms with Crippen LogP contribution in [0.25, 0.3) is 44.3 Å². The molecule has 0 amide bonds. The Morgan fingerprint density at radius 3 is 2.10 bits per heavy atom. The van der Waals surface area contributed by atoms with Gasteiger partial charge in [0.1, 0.15) is 17.8 Å². The predicted octanol–water partition coefficient (Wildman–Crippen LogP) is 12.0. The maximum absolute atomic E-state index is 12.2. The third kappa shape index (κ3) is 9.61.